The Morgan fingerprint density at radius 1 is 1.08 bits per heavy atom. The van der Waals surface area contributed by atoms with Gasteiger partial charge in [-0.15, -0.1) is 0 Å². The molecule has 0 spiro atoms. The van der Waals surface area contributed by atoms with Crippen molar-refractivity contribution in [1.82, 2.24) is 14.9 Å². The number of hydrogen-bond donors (Lipinski definition) is 2. The predicted octanol–water partition coefficient (Wildman–Crippen LogP) is 3.47. The fraction of sp³-hybridized carbons (Fsp3) is 0.474. The summed E-state index contributed by atoms with van der Waals surface area (Å²) in [7, 11) is 4.15. The van der Waals surface area contributed by atoms with E-state index in [1.807, 2.05) is 24.3 Å². The van der Waals surface area contributed by atoms with Crippen LogP contribution in [0, 0.1) is 0 Å². The van der Waals surface area contributed by atoms with Crippen LogP contribution in [0.25, 0.3) is 11.3 Å². The number of aromatic nitrogens is 2. The maximum atomic E-state index is 4.74. The van der Waals surface area contributed by atoms with Crippen LogP contribution in [-0.2, 0) is 0 Å². The maximum Gasteiger partial charge on any atom is 0.225 e. The highest BCUT2D eigenvalue weighted by Gasteiger charge is 2.16. The van der Waals surface area contributed by atoms with E-state index in [0.717, 1.165) is 36.1 Å². The maximum absolute atomic E-state index is 4.74. The van der Waals surface area contributed by atoms with Gasteiger partial charge >= 0.3 is 0 Å². The Balaban J connectivity index is 1.81. The quantitative estimate of drug-likeness (QED) is 0.816. The first kappa shape index (κ1) is 16.7. The van der Waals surface area contributed by atoms with E-state index in [0.29, 0.717) is 6.04 Å². The molecule has 5 heteroatoms. The van der Waals surface area contributed by atoms with E-state index in [-0.39, 0.29) is 0 Å². The monoisotopic (exact) mass is 325 g/mol. The standard InChI is InChI=1S/C19H27N5/c1-24(2)13-12-20-18-14-17(15-8-4-3-5-9-15)22-19(23-18)21-16-10-6-7-11-16/h3-5,8-9,14,16H,6-7,10-13H2,1-2H3,(H2,20,21,22,23). The van der Waals surface area contributed by atoms with Gasteiger partial charge in [-0.2, -0.15) is 4.98 Å². The van der Waals surface area contributed by atoms with Crippen LogP contribution in [-0.4, -0.2) is 48.1 Å². The largest absolute Gasteiger partial charge is 0.369 e. The topological polar surface area (TPSA) is 53.1 Å². The second-order valence-electron chi connectivity index (χ2n) is 6.68. The number of nitrogens with zero attached hydrogens (tertiary/aromatic N) is 3. The highest BCUT2D eigenvalue weighted by Crippen LogP contribution is 2.24. The summed E-state index contributed by atoms with van der Waals surface area (Å²) in [5.41, 5.74) is 2.07. The SMILES string of the molecule is CN(C)CCNc1cc(-c2ccccc2)nc(NC2CCCC2)n1. The minimum atomic E-state index is 0.505. The molecule has 0 unspecified atom stereocenters. The van der Waals surface area contributed by atoms with Gasteiger partial charge < -0.3 is 15.5 Å². The van der Waals surface area contributed by atoms with Crippen LogP contribution < -0.4 is 10.6 Å². The Morgan fingerprint density at radius 2 is 1.83 bits per heavy atom. The molecule has 5 nitrogen and oxygen atoms in total. The van der Waals surface area contributed by atoms with Crippen LogP contribution >= 0.6 is 0 Å². The van der Waals surface area contributed by atoms with Gasteiger partial charge in [0.05, 0.1) is 5.69 Å². The van der Waals surface area contributed by atoms with Crippen molar-refractivity contribution in [3.63, 3.8) is 0 Å². The van der Waals surface area contributed by atoms with E-state index >= 15 is 0 Å². The van der Waals surface area contributed by atoms with Gasteiger partial charge in [0, 0.05) is 30.8 Å². The Morgan fingerprint density at radius 3 is 2.54 bits per heavy atom. The third-order valence-corrected chi connectivity index (χ3v) is 4.35. The van der Waals surface area contributed by atoms with Crippen molar-refractivity contribution < 1.29 is 0 Å². The van der Waals surface area contributed by atoms with E-state index in [2.05, 4.69) is 46.7 Å². The Hall–Kier alpha value is -2.14. The first-order valence-corrected chi connectivity index (χ1v) is 8.80. The molecule has 1 fully saturated rings. The van der Waals surface area contributed by atoms with E-state index in [4.69, 9.17) is 4.98 Å². The van der Waals surface area contributed by atoms with E-state index in [1.54, 1.807) is 0 Å². The minimum absolute atomic E-state index is 0.505. The Kier molecular flexibility index (Phi) is 5.64. The van der Waals surface area contributed by atoms with Crippen LogP contribution in [0.1, 0.15) is 25.7 Å². The molecule has 1 aromatic heterocycles. The van der Waals surface area contributed by atoms with Crippen molar-refractivity contribution in [3.05, 3.63) is 36.4 Å². The van der Waals surface area contributed by atoms with Crippen LogP contribution in [0.5, 0.6) is 0 Å². The van der Waals surface area contributed by atoms with Gasteiger partial charge in [0.1, 0.15) is 5.82 Å². The number of likely N-dealkylation sites (N-methyl/N-ethyl adjacent to an activating group) is 1. The average molecular weight is 325 g/mol. The fourth-order valence-electron chi connectivity index (χ4n) is 3.02. The first-order valence-electron chi connectivity index (χ1n) is 8.80. The molecule has 24 heavy (non-hydrogen) atoms. The molecule has 2 aromatic rings. The van der Waals surface area contributed by atoms with Crippen LogP contribution in [0.3, 0.4) is 0 Å². The van der Waals surface area contributed by atoms with Crippen LogP contribution in [0.4, 0.5) is 11.8 Å². The number of anilines is 2. The summed E-state index contributed by atoms with van der Waals surface area (Å²) in [6, 6.07) is 12.8. The van der Waals surface area contributed by atoms with Gasteiger partial charge in [-0.3, -0.25) is 0 Å². The smallest absolute Gasteiger partial charge is 0.225 e. The molecule has 0 saturated heterocycles. The highest BCUT2D eigenvalue weighted by atomic mass is 15.2. The molecular formula is C19H27N5. The van der Waals surface area contributed by atoms with Gasteiger partial charge in [0.25, 0.3) is 0 Å². The Bertz CT molecular complexity index is 635. The highest BCUT2D eigenvalue weighted by molar-refractivity contribution is 5.64. The molecular weight excluding hydrogens is 298 g/mol. The molecule has 1 aromatic carbocycles. The lowest BCUT2D eigenvalue weighted by atomic mass is 10.1. The summed E-state index contributed by atoms with van der Waals surface area (Å²) in [6.07, 6.45) is 5.01. The molecule has 128 valence electrons. The van der Waals surface area contributed by atoms with Crippen molar-refractivity contribution >= 4 is 11.8 Å². The molecule has 0 radical (unpaired) electrons. The molecule has 3 rings (SSSR count). The number of rotatable bonds is 7. The number of nitrogens with one attached hydrogen (secondary N) is 2. The molecule has 2 N–H and O–H groups in total. The second kappa shape index (κ2) is 8.11. The fourth-order valence-corrected chi connectivity index (χ4v) is 3.02. The van der Waals surface area contributed by atoms with Crippen molar-refractivity contribution in [2.45, 2.75) is 31.7 Å². The summed E-state index contributed by atoms with van der Waals surface area (Å²) in [4.78, 5) is 11.6. The summed E-state index contributed by atoms with van der Waals surface area (Å²) in [6.45, 7) is 1.83. The van der Waals surface area contributed by atoms with Crippen molar-refractivity contribution in [3.8, 4) is 11.3 Å². The van der Waals surface area contributed by atoms with Crippen molar-refractivity contribution in [2.75, 3.05) is 37.8 Å². The zero-order valence-electron chi connectivity index (χ0n) is 14.6. The molecule has 0 amide bonds. The number of hydrogen-bond acceptors (Lipinski definition) is 5. The molecule has 0 aliphatic heterocycles. The van der Waals surface area contributed by atoms with Gasteiger partial charge in [-0.1, -0.05) is 43.2 Å². The first-order chi connectivity index (χ1) is 11.7. The predicted molar refractivity (Wildman–Crippen MR) is 100 cm³/mol. The van der Waals surface area contributed by atoms with Gasteiger partial charge in [0.15, 0.2) is 0 Å². The Labute approximate surface area is 144 Å². The van der Waals surface area contributed by atoms with E-state index in [1.165, 1.54) is 25.7 Å². The summed E-state index contributed by atoms with van der Waals surface area (Å²) < 4.78 is 0. The van der Waals surface area contributed by atoms with E-state index < -0.39 is 0 Å². The van der Waals surface area contributed by atoms with Crippen LogP contribution in [0.2, 0.25) is 0 Å². The second-order valence-corrected chi connectivity index (χ2v) is 6.68. The lowest BCUT2D eigenvalue weighted by Crippen LogP contribution is -2.22. The molecule has 0 bridgehead atoms. The third kappa shape index (κ3) is 4.68. The average Bonchev–Trinajstić information content (AvgIpc) is 3.08. The molecule has 1 aliphatic rings. The number of benzene rings is 1. The van der Waals surface area contributed by atoms with Gasteiger partial charge in [-0.25, -0.2) is 4.98 Å². The summed E-state index contributed by atoms with van der Waals surface area (Å²) >= 11 is 0. The van der Waals surface area contributed by atoms with Crippen LogP contribution in [0.15, 0.2) is 36.4 Å². The normalized spacial score (nSPS) is 15.0. The zero-order valence-corrected chi connectivity index (χ0v) is 14.6. The lowest BCUT2D eigenvalue weighted by molar-refractivity contribution is 0.425. The van der Waals surface area contributed by atoms with Crippen molar-refractivity contribution in [1.29, 1.82) is 0 Å². The van der Waals surface area contributed by atoms with Gasteiger partial charge in [0.2, 0.25) is 5.95 Å². The summed E-state index contributed by atoms with van der Waals surface area (Å²) in [5, 5.41) is 6.94. The third-order valence-electron chi connectivity index (χ3n) is 4.35. The molecule has 1 saturated carbocycles. The molecule has 1 heterocycles. The van der Waals surface area contributed by atoms with Crippen molar-refractivity contribution in [2.24, 2.45) is 0 Å². The zero-order chi connectivity index (χ0) is 16.8. The van der Waals surface area contributed by atoms with E-state index in [9.17, 15) is 0 Å². The molecule has 0 atom stereocenters. The minimum Gasteiger partial charge on any atom is -0.369 e. The molecule has 1 aliphatic carbocycles. The van der Waals surface area contributed by atoms with Gasteiger partial charge in [-0.05, 0) is 26.9 Å². The lowest BCUT2D eigenvalue weighted by Gasteiger charge is -2.16. The summed E-state index contributed by atoms with van der Waals surface area (Å²) in [5.74, 6) is 1.61.